The number of halogens is 1. The number of fused-ring (bicyclic) bond motifs is 1. The fourth-order valence-electron chi connectivity index (χ4n) is 5.03. The summed E-state index contributed by atoms with van der Waals surface area (Å²) in [6.45, 7) is 0.767. The number of aromatic hydroxyl groups is 1. The Morgan fingerprint density at radius 2 is 1.97 bits per heavy atom. The Balaban J connectivity index is 1.22. The molecule has 6 rings (SSSR count). The predicted octanol–water partition coefficient (Wildman–Crippen LogP) is 4.77. The van der Waals surface area contributed by atoms with Crippen molar-refractivity contribution in [2.24, 2.45) is 4.99 Å². The third-order valence-corrected chi connectivity index (χ3v) is 9.74. The van der Waals surface area contributed by atoms with E-state index in [2.05, 4.69) is 15.2 Å². The van der Waals surface area contributed by atoms with Crippen LogP contribution in [0.25, 0.3) is 0 Å². The van der Waals surface area contributed by atoms with Crippen LogP contribution in [0.3, 0.4) is 0 Å². The fraction of sp³-hybridized carbons (Fsp3) is 0.269. The topological polar surface area (TPSA) is 111 Å². The zero-order valence-electron chi connectivity index (χ0n) is 20.2. The van der Waals surface area contributed by atoms with Gasteiger partial charge in [-0.25, -0.2) is 18.4 Å². The van der Waals surface area contributed by atoms with E-state index in [0.29, 0.717) is 24.1 Å². The maximum Gasteiger partial charge on any atom is 0.243 e. The van der Waals surface area contributed by atoms with Gasteiger partial charge in [-0.15, -0.1) is 0 Å². The zero-order valence-corrected chi connectivity index (χ0v) is 22.6. The van der Waals surface area contributed by atoms with Gasteiger partial charge in [-0.2, -0.15) is 4.31 Å². The second-order valence-corrected chi connectivity index (χ2v) is 12.6. The molecule has 3 atom stereocenters. The van der Waals surface area contributed by atoms with Gasteiger partial charge in [0.15, 0.2) is 5.17 Å². The molecule has 1 fully saturated rings. The van der Waals surface area contributed by atoms with Crippen LogP contribution in [-0.2, 0) is 10.0 Å². The van der Waals surface area contributed by atoms with Crippen molar-refractivity contribution in [1.82, 2.24) is 19.2 Å². The summed E-state index contributed by atoms with van der Waals surface area (Å²) in [5, 5.41) is 16.8. The summed E-state index contributed by atoms with van der Waals surface area (Å²) in [6, 6.07) is 14.7. The third-order valence-electron chi connectivity index (χ3n) is 6.82. The Morgan fingerprint density at radius 3 is 2.79 bits per heavy atom. The highest BCUT2D eigenvalue weighted by Gasteiger charge is 2.40. The molecule has 2 N–H and O–H groups in total. The average molecular weight is 569 g/mol. The lowest BCUT2D eigenvalue weighted by atomic mass is 9.97. The number of amidine groups is 1. The Labute approximate surface area is 230 Å². The smallest absolute Gasteiger partial charge is 0.243 e. The summed E-state index contributed by atoms with van der Waals surface area (Å²) in [6.07, 6.45) is 5.22. The number of hydrogen-bond donors (Lipinski definition) is 2. The molecule has 0 aliphatic carbocycles. The van der Waals surface area contributed by atoms with Gasteiger partial charge in [-0.05, 0) is 66.3 Å². The number of hydrogen-bond acceptors (Lipinski definition) is 9. The van der Waals surface area contributed by atoms with Crippen molar-refractivity contribution >= 4 is 44.5 Å². The number of rotatable bonds is 6. The van der Waals surface area contributed by atoms with Gasteiger partial charge in [-0.3, -0.25) is 4.99 Å². The minimum atomic E-state index is -3.63. The second kappa shape index (κ2) is 10.2. The molecule has 4 heterocycles. The monoisotopic (exact) mass is 568 g/mol. The number of nitrogens with one attached hydrogen (secondary N) is 1. The maximum absolute atomic E-state index is 13.2. The zero-order chi connectivity index (χ0) is 26.3. The summed E-state index contributed by atoms with van der Waals surface area (Å²) < 4.78 is 27.9. The van der Waals surface area contributed by atoms with E-state index < -0.39 is 10.0 Å². The molecule has 2 unspecified atom stereocenters. The van der Waals surface area contributed by atoms with Crippen LogP contribution < -0.4 is 5.32 Å². The van der Waals surface area contributed by atoms with Crippen molar-refractivity contribution in [3.8, 4) is 5.75 Å². The van der Waals surface area contributed by atoms with Crippen molar-refractivity contribution in [2.45, 2.75) is 35.9 Å². The summed E-state index contributed by atoms with van der Waals surface area (Å²) in [7, 11) is -3.63. The summed E-state index contributed by atoms with van der Waals surface area (Å²) in [5.74, 6) is 0.634. The highest BCUT2D eigenvalue weighted by molar-refractivity contribution is 8.16. The molecule has 196 valence electrons. The van der Waals surface area contributed by atoms with Gasteiger partial charge in [0.2, 0.25) is 16.0 Å². The molecule has 3 aliphatic rings. The first-order chi connectivity index (χ1) is 18.4. The molecule has 12 heteroatoms. The molecule has 3 aliphatic heterocycles. The number of aliphatic imine (C=N–C) groups is 1. The molecule has 1 aromatic heterocycles. The molecule has 3 aromatic rings. The van der Waals surface area contributed by atoms with E-state index in [0.717, 1.165) is 29.3 Å². The molecule has 0 radical (unpaired) electrons. The lowest BCUT2D eigenvalue weighted by Gasteiger charge is -2.32. The van der Waals surface area contributed by atoms with E-state index in [-0.39, 0.29) is 28.8 Å². The highest BCUT2D eigenvalue weighted by Crippen LogP contribution is 2.46. The van der Waals surface area contributed by atoms with Gasteiger partial charge >= 0.3 is 0 Å². The van der Waals surface area contributed by atoms with Crippen LogP contribution in [0.2, 0.25) is 5.02 Å². The SMILES string of the molecule is O=S(=O)(c1ccc(Cl)cc1)N1CCC[C@H](Nc2nccc(C3C(c4cccc(O)c4)N=C4SC=CN43)n2)C1. The lowest BCUT2D eigenvalue weighted by molar-refractivity contribution is 0.326. The van der Waals surface area contributed by atoms with Crippen LogP contribution in [-0.4, -0.2) is 57.0 Å². The molecule has 0 amide bonds. The third kappa shape index (κ3) is 4.86. The van der Waals surface area contributed by atoms with Crippen molar-refractivity contribution in [3.63, 3.8) is 0 Å². The van der Waals surface area contributed by atoms with Crippen molar-refractivity contribution < 1.29 is 13.5 Å². The number of thioether (sulfide) groups is 1. The Kier molecular flexibility index (Phi) is 6.77. The van der Waals surface area contributed by atoms with Gasteiger partial charge in [0, 0.05) is 36.6 Å². The molecule has 0 saturated carbocycles. The van der Waals surface area contributed by atoms with Gasteiger partial charge < -0.3 is 15.3 Å². The number of phenolic OH excluding ortho intramolecular Hbond substituents is 1. The lowest BCUT2D eigenvalue weighted by Crippen LogP contribution is -2.45. The maximum atomic E-state index is 13.2. The molecule has 0 spiro atoms. The van der Waals surface area contributed by atoms with E-state index in [9.17, 15) is 13.5 Å². The molecular formula is C26H25ClN6O3S2. The molecular weight excluding hydrogens is 544 g/mol. The van der Waals surface area contributed by atoms with E-state index in [1.54, 1.807) is 42.2 Å². The fourth-order valence-corrected chi connectivity index (χ4v) is 7.46. The second-order valence-electron chi connectivity index (χ2n) is 9.31. The van der Waals surface area contributed by atoms with E-state index in [1.807, 2.05) is 29.8 Å². The van der Waals surface area contributed by atoms with E-state index in [4.69, 9.17) is 21.6 Å². The van der Waals surface area contributed by atoms with Gasteiger partial charge in [0.05, 0.1) is 10.6 Å². The number of anilines is 1. The minimum absolute atomic E-state index is 0.138. The molecule has 38 heavy (non-hydrogen) atoms. The summed E-state index contributed by atoms with van der Waals surface area (Å²) in [5.41, 5.74) is 1.68. The first-order valence-electron chi connectivity index (χ1n) is 12.2. The standard InChI is InChI=1S/C26H25ClN6O3S2/c27-18-6-8-21(9-7-18)38(35,36)32-12-2-4-19(16-32)29-25-28-11-10-22(30-25)24-23(17-3-1-5-20(34)15-17)31-26-33(24)13-14-37-26/h1,3,5-11,13-15,19,23-24,34H,2,4,12,16H2,(H,28,29,30)/t19-,23?,24?/m0/s1. The number of sulfonamides is 1. The summed E-state index contributed by atoms with van der Waals surface area (Å²) in [4.78, 5) is 16.5. The Morgan fingerprint density at radius 1 is 1.13 bits per heavy atom. The highest BCUT2D eigenvalue weighted by atomic mass is 35.5. The first kappa shape index (κ1) is 25.2. The van der Waals surface area contributed by atoms with Crippen LogP contribution in [0.15, 0.2) is 82.3 Å². The molecule has 1 saturated heterocycles. The van der Waals surface area contributed by atoms with Crippen LogP contribution in [0.1, 0.15) is 36.2 Å². The van der Waals surface area contributed by atoms with Crippen molar-refractivity contribution in [3.05, 3.63) is 88.7 Å². The number of aromatic nitrogens is 2. The minimum Gasteiger partial charge on any atom is -0.508 e. The predicted molar refractivity (Wildman–Crippen MR) is 148 cm³/mol. The first-order valence-corrected chi connectivity index (χ1v) is 14.9. The summed E-state index contributed by atoms with van der Waals surface area (Å²) >= 11 is 7.49. The number of nitrogens with zero attached hydrogens (tertiary/aromatic N) is 5. The number of benzene rings is 2. The van der Waals surface area contributed by atoms with Crippen molar-refractivity contribution in [2.75, 3.05) is 18.4 Å². The van der Waals surface area contributed by atoms with Crippen LogP contribution >= 0.6 is 23.4 Å². The Bertz CT molecular complexity index is 1520. The molecule has 2 aromatic carbocycles. The van der Waals surface area contributed by atoms with Crippen LogP contribution in [0.4, 0.5) is 5.95 Å². The van der Waals surface area contributed by atoms with Gasteiger partial charge in [0.1, 0.15) is 17.8 Å². The molecule has 9 nitrogen and oxygen atoms in total. The molecule has 0 bridgehead atoms. The normalized spacial score (nSPS) is 23.3. The van der Waals surface area contributed by atoms with Gasteiger partial charge in [0.25, 0.3) is 0 Å². The number of piperidine rings is 1. The quantitative estimate of drug-likeness (QED) is 0.437. The van der Waals surface area contributed by atoms with Crippen LogP contribution in [0, 0.1) is 0 Å². The van der Waals surface area contributed by atoms with E-state index >= 15 is 0 Å². The number of phenols is 1. The van der Waals surface area contributed by atoms with Crippen molar-refractivity contribution in [1.29, 1.82) is 0 Å². The largest absolute Gasteiger partial charge is 0.508 e. The average Bonchev–Trinajstić information content (AvgIpc) is 3.51. The van der Waals surface area contributed by atoms with Gasteiger partial charge in [-0.1, -0.05) is 35.5 Å². The van der Waals surface area contributed by atoms with E-state index in [1.165, 1.54) is 16.4 Å². The van der Waals surface area contributed by atoms with Crippen LogP contribution in [0.5, 0.6) is 5.75 Å². The Hall–Kier alpha value is -3.12.